The highest BCUT2D eigenvalue weighted by molar-refractivity contribution is 5.90. The molecule has 0 atom stereocenters. The van der Waals surface area contributed by atoms with E-state index in [1.807, 2.05) is 41.2 Å². The molecule has 0 saturated carbocycles. The second-order valence-corrected chi connectivity index (χ2v) is 6.54. The van der Waals surface area contributed by atoms with Gasteiger partial charge in [0, 0.05) is 38.2 Å². The smallest absolute Gasteiger partial charge is 0.223 e. The summed E-state index contributed by atoms with van der Waals surface area (Å²) in [7, 11) is 0. The van der Waals surface area contributed by atoms with Crippen LogP contribution < -0.4 is 15.5 Å². The molecule has 0 spiro atoms. The predicted octanol–water partition coefficient (Wildman–Crippen LogP) is 3.32. The van der Waals surface area contributed by atoms with Crippen LogP contribution in [0.5, 0.6) is 0 Å². The third-order valence-electron chi connectivity index (χ3n) is 4.70. The third kappa shape index (κ3) is 3.89. The molecule has 3 heterocycles. The highest BCUT2D eigenvalue weighted by atomic mass is 15.3. The van der Waals surface area contributed by atoms with Crippen molar-refractivity contribution in [1.29, 1.82) is 5.26 Å². The number of nitriles is 1. The van der Waals surface area contributed by atoms with Gasteiger partial charge in [-0.3, -0.25) is 4.68 Å². The average Bonchev–Trinajstić information content (AvgIpc) is 3.40. The number of benzene rings is 1. The van der Waals surface area contributed by atoms with E-state index in [9.17, 15) is 5.26 Å². The first kappa shape index (κ1) is 18.5. The molecular formula is C21H22N8. The van der Waals surface area contributed by atoms with Crippen LogP contribution in [-0.2, 0) is 6.54 Å². The van der Waals surface area contributed by atoms with Crippen LogP contribution in [0.1, 0.15) is 19.0 Å². The number of hydrogen-bond acceptors (Lipinski definition) is 7. The van der Waals surface area contributed by atoms with Crippen LogP contribution in [0, 0.1) is 11.3 Å². The van der Waals surface area contributed by atoms with Gasteiger partial charge in [0.1, 0.15) is 17.5 Å². The fraction of sp³-hybridized carbons (Fsp3) is 0.238. The summed E-state index contributed by atoms with van der Waals surface area (Å²) in [4.78, 5) is 10.9. The Balaban J connectivity index is 1.52. The number of aromatic nitrogens is 4. The van der Waals surface area contributed by atoms with Gasteiger partial charge in [-0.1, -0.05) is 12.1 Å². The van der Waals surface area contributed by atoms with Crippen molar-refractivity contribution < 1.29 is 0 Å². The Hall–Kier alpha value is -3.86. The molecule has 0 fully saturated rings. The lowest BCUT2D eigenvalue weighted by molar-refractivity contribution is 0.591. The van der Waals surface area contributed by atoms with Crippen molar-refractivity contribution >= 4 is 22.9 Å². The molecule has 0 unspecified atom stereocenters. The third-order valence-corrected chi connectivity index (χ3v) is 4.70. The number of nitrogens with one attached hydrogen (secondary N) is 2. The lowest BCUT2D eigenvalue weighted by Crippen LogP contribution is -2.21. The average molecular weight is 386 g/mol. The van der Waals surface area contributed by atoms with Gasteiger partial charge < -0.3 is 15.5 Å². The van der Waals surface area contributed by atoms with Gasteiger partial charge in [-0.25, -0.2) is 9.97 Å². The van der Waals surface area contributed by atoms with Crippen molar-refractivity contribution in [3.05, 3.63) is 66.5 Å². The summed E-state index contributed by atoms with van der Waals surface area (Å²) in [6.07, 6.45) is 6.27. The molecule has 1 aliphatic rings. The number of anilines is 3. The van der Waals surface area contributed by atoms with Gasteiger partial charge in [-0.2, -0.15) is 10.4 Å². The van der Waals surface area contributed by atoms with Crippen LogP contribution in [0.25, 0.3) is 5.57 Å². The fourth-order valence-electron chi connectivity index (χ4n) is 3.34. The summed E-state index contributed by atoms with van der Waals surface area (Å²) in [5.74, 6) is 1.26. The van der Waals surface area contributed by atoms with Crippen molar-refractivity contribution in [3.8, 4) is 6.07 Å². The molecule has 0 bridgehead atoms. The van der Waals surface area contributed by atoms with Crippen molar-refractivity contribution in [2.75, 3.05) is 28.6 Å². The van der Waals surface area contributed by atoms with Gasteiger partial charge >= 0.3 is 0 Å². The standard InChI is InChI=1S/C21H22N8/c1-2-29-19-8-4-3-7-18(19)26-20(29)16(15-22)17-9-12-24-21(27-17)23-10-5-13-28-14-6-11-25-28/h3-4,6-9,11-12,14,26H,2,5,10,13H2,1H3,(H,23,24,27). The van der Waals surface area contributed by atoms with E-state index in [2.05, 4.69) is 43.6 Å². The van der Waals surface area contributed by atoms with Crippen molar-refractivity contribution in [2.45, 2.75) is 19.9 Å². The van der Waals surface area contributed by atoms with E-state index in [4.69, 9.17) is 0 Å². The molecule has 3 aromatic rings. The molecule has 29 heavy (non-hydrogen) atoms. The minimum absolute atomic E-state index is 0.491. The highest BCUT2D eigenvalue weighted by Crippen LogP contribution is 2.38. The Labute approximate surface area is 169 Å². The zero-order chi connectivity index (χ0) is 20.1. The Bertz CT molecular complexity index is 1050. The maximum atomic E-state index is 9.88. The number of allylic oxidation sites excluding steroid dienone is 1. The summed E-state index contributed by atoms with van der Waals surface area (Å²) in [6, 6.07) is 14.0. The maximum Gasteiger partial charge on any atom is 0.223 e. The first-order valence-electron chi connectivity index (χ1n) is 9.63. The zero-order valence-electron chi connectivity index (χ0n) is 16.2. The van der Waals surface area contributed by atoms with Crippen LogP contribution in [0.15, 0.2) is 60.8 Å². The molecule has 1 aromatic carbocycles. The van der Waals surface area contributed by atoms with Gasteiger partial charge in [-0.15, -0.1) is 0 Å². The first-order valence-corrected chi connectivity index (χ1v) is 9.63. The SMILES string of the molecule is CCN1C(=C(C#N)c2ccnc(NCCCn3cccn3)n2)Nc2ccccc21. The van der Waals surface area contributed by atoms with Gasteiger partial charge in [0.15, 0.2) is 0 Å². The second-order valence-electron chi connectivity index (χ2n) is 6.54. The Morgan fingerprint density at radius 3 is 2.90 bits per heavy atom. The molecule has 8 heteroatoms. The highest BCUT2D eigenvalue weighted by Gasteiger charge is 2.26. The van der Waals surface area contributed by atoms with E-state index in [1.165, 1.54) is 0 Å². The van der Waals surface area contributed by atoms with E-state index >= 15 is 0 Å². The fourth-order valence-corrected chi connectivity index (χ4v) is 3.34. The molecule has 8 nitrogen and oxygen atoms in total. The molecular weight excluding hydrogens is 364 g/mol. The van der Waals surface area contributed by atoms with Gasteiger partial charge in [-0.05, 0) is 37.6 Å². The number of hydrogen-bond donors (Lipinski definition) is 2. The minimum Gasteiger partial charge on any atom is -0.354 e. The summed E-state index contributed by atoms with van der Waals surface area (Å²) in [5, 5.41) is 20.7. The molecule has 4 rings (SSSR count). The second kappa shape index (κ2) is 8.44. The zero-order valence-corrected chi connectivity index (χ0v) is 16.2. The summed E-state index contributed by atoms with van der Waals surface area (Å²) >= 11 is 0. The number of para-hydroxylation sites is 2. The Morgan fingerprint density at radius 1 is 1.21 bits per heavy atom. The summed E-state index contributed by atoms with van der Waals surface area (Å²) in [5.41, 5.74) is 3.13. The Morgan fingerprint density at radius 2 is 2.10 bits per heavy atom. The van der Waals surface area contributed by atoms with E-state index in [-0.39, 0.29) is 0 Å². The van der Waals surface area contributed by atoms with Crippen LogP contribution in [-0.4, -0.2) is 32.8 Å². The topological polar surface area (TPSA) is 94.7 Å². The van der Waals surface area contributed by atoms with Gasteiger partial charge in [0.2, 0.25) is 5.95 Å². The molecule has 0 radical (unpaired) electrons. The molecule has 2 aromatic heterocycles. The van der Waals surface area contributed by atoms with Gasteiger partial charge in [0.25, 0.3) is 0 Å². The van der Waals surface area contributed by atoms with E-state index in [0.29, 0.717) is 23.8 Å². The van der Waals surface area contributed by atoms with Crippen molar-refractivity contribution in [3.63, 3.8) is 0 Å². The lowest BCUT2D eigenvalue weighted by Gasteiger charge is -2.19. The van der Waals surface area contributed by atoms with E-state index < -0.39 is 0 Å². The Kier molecular flexibility index (Phi) is 5.38. The minimum atomic E-state index is 0.491. The molecule has 0 saturated heterocycles. The number of fused-ring (bicyclic) bond motifs is 1. The number of rotatable bonds is 7. The molecule has 0 aliphatic carbocycles. The van der Waals surface area contributed by atoms with Crippen LogP contribution >= 0.6 is 0 Å². The number of aryl methyl sites for hydroxylation is 1. The quantitative estimate of drug-likeness (QED) is 0.475. The van der Waals surface area contributed by atoms with Crippen LogP contribution in [0.2, 0.25) is 0 Å². The number of nitrogens with zero attached hydrogens (tertiary/aromatic N) is 6. The molecule has 0 amide bonds. The van der Waals surface area contributed by atoms with Crippen molar-refractivity contribution in [2.24, 2.45) is 0 Å². The monoisotopic (exact) mass is 386 g/mol. The van der Waals surface area contributed by atoms with E-state index in [0.717, 1.165) is 36.7 Å². The van der Waals surface area contributed by atoms with Crippen LogP contribution in [0.4, 0.5) is 17.3 Å². The van der Waals surface area contributed by atoms with E-state index in [1.54, 1.807) is 18.5 Å². The lowest BCUT2D eigenvalue weighted by atomic mass is 10.2. The maximum absolute atomic E-state index is 9.88. The first-order chi connectivity index (χ1) is 14.3. The largest absolute Gasteiger partial charge is 0.354 e. The summed E-state index contributed by atoms with van der Waals surface area (Å²) in [6.45, 7) is 4.34. The van der Waals surface area contributed by atoms with Crippen molar-refractivity contribution in [1.82, 2.24) is 19.7 Å². The van der Waals surface area contributed by atoms with Gasteiger partial charge in [0.05, 0.1) is 17.1 Å². The normalized spacial score (nSPS) is 14.1. The summed E-state index contributed by atoms with van der Waals surface area (Å²) < 4.78 is 1.89. The molecule has 1 aliphatic heterocycles. The molecule has 146 valence electrons. The molecule has 2 N–H and O–H groups in total. The predicted molar refractivity (Wildman–Crippen MR) is 113 cm³/mol. The van der Waals surface area contributed by atoms with Crippen LogP contribution in [0.3, 0.4) is 0 Å².